The van der Waals surface area contributed by atoms with Gasteiger partial charge in [-0.25, -0.2) is 0 Å². The number of carbonyl (C=O) groups is 1. The lowest BCUT2D eigenvalue weighted by Gasteiger charge is -2.36. The number of aryl methyl sites for hydroxylation is 2. The molecule has 1 atom stereocenters. The van der Waals surface area contributed by atoms with Gasteiger partial charge in [0.2, 0.25) is 5.91 Å². The highest BCUT2D eigenvalue weighted by molar-refractivity contribution is 5.83. The Hall–Kier alpha value is -2.17. The Labute approximate surface area is 150 Å². The summed E-state index contributed by atoms with van der Waals surface area (Å²) in [6.07, 6.45) is 0. The molecule has 3 rings (SSSR count). The highest BCUT2D eigenvalue weighted by atomic mass is 16.2. The molecule has 1 amide bonds. The second-order valence-corrected chi connectivity index (χ2v) is 6.92. The normalized spacial score (nSPS) is 16.7. The number of hydrogen-bond donors (Lipinski definition) is 1. The summed E-state index contributed by atoms with van der Waals surface area (Å²) in [6.45, 7) is 8.38. The number of benzene rings is 2. The van der Waals surface area contributed by atoms with Crippen molar-refractivity contribution in [3.63, 3.8) is 0 Å². The highest BCUT2D eigenvalue weighted by Gasteiger charge is 2.26. The molecule has 1 fully saturated rings. The Morgan fingerprint density at radius 1 is 1.00 bits per heavy atom. The molecule has 1 aliphatic rings. The lowest BCUT2D eigenvalue weighted by atomic mass is 10.0. The molecule has 132 valence electrons. The lowest BCUT2D eigenvalue weighted by Crippen LogP contribution is -2.50. The number of nitrogens with zero attached hydrogens (tertiary/aromatic N) is 2. The number of piperazine rings is 1. The summed E-state index contributed by atoms with van der Waals surface area (Å²) in [5.41, 5.74) is 10.9. The third-order valence-electron chi connectivity index (χ3n) is 5.04. The first-order valence-corrected chi connectivity index (χ1v) is 8.92. The third-order valence-corrected chi connectivity index (χ3v) is 5.04. The van der Waals surface area contributed by atoms with Crippen molar-refractivity contribution in [2.75, 3.05) is 26.2 Å². The van der Waals surface area contributed by atoms with E-state index in [9.17, 15) is 4.79 Å². The van der Waals surface area contributed by atoms with Crippen molar-refractivity contribution < 1.29 is 4.79 Å². The van der Waals surface area contributed by atoms with Crippen LogP contribution in [0.3, 0.4) is 0 Å². The molecule has 0 aliphatic carbocycles. The van der Waals surface area contributed by atoms with Gasteiger partial charge < -0.3 is 10.6 Å². The fourth-order valence-electron chi connectivity index (χ4n) is 3.27. The highest BCUT2D eigenvalue weighted by Crippen LogP contribution is 2.17. The Kier molecular flexibility index (Phi) is 5.51. The predicted molar refractivity (Wildman–Crippen MR) is 101 cm³/mol. The van der Waals surface area contributed by atoms with Crippen molar-refractivity contribution in [3.05, 3.63) is 70.8 Å². The molecule has 0 radical (unpaired) electrons. The van der Waals surface area contributed by atoms with Crippen molar-refractivity contribution >= 4 is 5.91 Å². The van der Waals surface area contributed by atoms with E-state index in [0.29, 0.717) is 0 Å². The van der Waals surface area contributed by atoms with E-state index < -0.39 is 6.04 Å². The van der Waals surface area contributed by atoms with Gasteiger partial charge in [-0.15, -0.1) is 0 Å². The van der Waals surface area contributed by atoms with Crippen LogP contribution in [0, 0.1) is 13.8 Å². The minimum atomic E-state index is -0.566. The SMILES string of the molecule is Cc1ccc(C(N)C(=O)N2CCN(Cc3ccccc3C)CC2)cc1. The number of hydrogen-bond acceptors (Lipinski definition) is 3. The summed E-state index contributed by atoms with van der Waals surface area (Å²) in [4.78, 5) is 17.0. The minimum absolute atomic E-state index is 0.0272. The third kappa shape index (κ3) is 4.27. The van der Waals surface area contributed by atoms with Gasteiger partial charge in [0, 0.05) is 32.7 Å². The first kappa shape index (κ1) is 17.6. The van der Waals surface area contributed by atoms with Gasteiger partial charge in [0.1, 0.15) is 6.04 Å². The second kappa shape index (κ2) is 7.81. The van der Waals surface area contributed by atoms with E-state index in [0.717, 1.165) is 38.3 Å². The van der Waals surface area contributed by atoms with Crippen LogP contribution in [0.2, 0.25) is 0 Å². The first-order valence-electron chi connectivity index (χ1n) is 8.92. The Balaban J connectivity index is 1.55. The van der Waals surface area contributed by atoms with Crippen LogP contribution in [-0.4, -0.2) is 41.9 Å². The molecule has 1 unspecified atom stereocenters. The van der Waals surface area contributed by atoms with E-state index in [1.807, 2.05) is 36.1 Å². The van der Waals surface area contributed by atoms with Crippen LogP contribution in [0.5, 0.6) is 0 Å². The van der Waals surface area contributed by atoms with Gasteiger partial charge in [0.15, 0.2) is 0 Å². The minimum Gasteiger partial charge on any atom is -0.338 e. The van der Waals surface area contributed by atoms with Gasteiger partial charge in [-0.1, -0.05) is 54.1 Å². The Morgan fingerprint density at radius 3 is 2.28 bits per heavy atom. The number of nitrogens with two attached hydrogens (primary N) is 1. The van der Waals surface area contributed by atoms with Crippen molar-refractivity contribution in [1.29, 1.82) is 0 Å². The summed E-state index contributed by atoms with van der Waals surface area (Å²) >= 11 is 0. The van der Waals surface area contributed by atoms with Gasteiger partial charge >= 0.3 is 0 Å². The molecule has 0 aromatic heterocycles. The van der Waals surface area contributed by atoms with Crippen LogP contribution in [0.4, 0.5) is 0 Å². The molecule has 4 nitrogen and oxygen atoms in total. The molecular weight excluding hydrogens is 310 g/mol. The molecule has 1 aliphatic heterocycles. The molecule has 2 N–H and O–H groups in total. The maximum Gasteiger partial charge on any atom is 0.244 e. The zero-order valence-corrected chi connectivity index (χ0v) is 15.1. The van der Waals surface area contributed by atoms with Crippen LogP contribution in [0.1, 0.15) is 28.3 Å². The molecular formula is C21H27N3O. The summed E-state index contributed by atoms with van der Waals surface area (Å²) in [5.74, 6) is 0.0272. The van der Waals surface area contributed by atoms with E-state index in [4.69, 9.17) is 5.73 Å². The maximum absolute atomic E-state index is 12.7. The fourth-order valence-corrected chi connectivity index (χ4v) is 3.27. The van der Waals surface area contributed by atoms with E-state index in [2.05, 4.69) is 36.1 Å². The zero-order chi connectivity index (χ0) is 17.8. The second-order valence-electron chi connectivity index (χ2n) is 6.92. The largest absolute Gasteiger partial charge is 0.338 e. The average molecular weight is 337 g/mol. The van der Waals surface area contributed by atoms with Gasteiger partial charge in [0.05, 0.1) is 0 Å². The molecule has 0 saturated carbocycles. The van der Waals surface area contributed by atoms with Crippen LogP contribution in [-0.2, 0) is 11.3 Å². The molecule has 1 saturated heterocycles. The van der Waals surface area contributed by atoms with E-state index in [-0.39, 0.29) is 5.91 Å². The first-order chi connectivity index (χ1) is 12.0. The fraction of sp³-hybridized carbons (Fsp3) is 0.381. The van der Waals surface area contributed by atoms with Crippen molar-refractivity contribution in [1.82, 2.24) is 9.80 Å². The zero-order valence-electron chi connectivity index (χ0n) is 15.1. The van der Waals surface area contributed by atoms with Crippen molar-refractivity contribution in [2.45, 2.75) is 26.4 Å². The Morgan fingerprint density at radius 2 is 1.64 bits per heavy atom. The van der Waals surface area contributed by atoms with Crippen LogP contribution in [0.25, 0.3) is 0 Å². The quantitative estimate of drug-likeness (QED) is 0.933. The molecule has 4 heteroatoms. The standard InChI is InChI=1S/C21H27N3O/c1-16-7-9-18(10-8-16)20(22)21(25)24-13-11-23(12-14-24)15-19-6-4-3-5-17(19)2/h3-10,20H,11-15,22H2,1-2H3. The predicted octanol–water partition coefficient (Wildman–Crippen LogP) is 2.65. The summed E-state index contributed by atoms with van der Waals surface area (Å²) in [7, 11) is 0. The van der Waals surface area contributed by atoms with Crippen LogP contribution >= 0.6 is 0 Å². The van der Waals surface area contributed by atoms with Crippen molar-refractivity contribution in [2.24, 2.45) is 5.73 Å². The maximum atomic E-state index is 12.7. The Bertz CT molecular complexity index is 718. The molecule has 0 spiro atoms. The number of carbonyl (C=O) groups excluding carboxylic acids is 1. The molecule has 2 aromatic rings. The smallest absolute Gasteiger partial charge is 0.244 e. The van der Waals surface area contributed by atoms with Gasteiger partial charge in [-0.3, -0.25) is 9.69 Å². The monoisotopic (exact) mass is 337 g/mol. The van der Waals surface area contributed by atoms with E-state index in [1.54, 1.807) is 0 Å². The topological polar surface area (TPSA) is 49.6 Å². The summed E-state index contributed by atoms with van der Waals surface area (Å²) in [5, 5.41) is 0. The van der Waals surface area contributed by atoms with E-state index >= 15 is 0 Å². The van der Waals surface area contributed by atoms with Crippen LogP contribution < -0.4 is 5.73 Å². The van der Waals surface area contributed by atoms with Gasteiger partial charge in [-0.2, -0.15) is 0 Å². The molecule has 1 heterocycles. The van der Waals surface area contributed by atoms with E-state index in [1.165, 1.54) is 16.7 Å². The average Bonchev–Trinajstić information content (AvgIpc) is 2.64. The van der Waals surface area contributed by atoms with Gasteiger partial charge in [0.25, 0.3) is 0 Å². The summed E-state index contributed by atoms with van der Waals surface area (Å²) < 4.78 is 0. The number of amides is 1. The van der Waals surface area contributed by atoms with Crippen molar-refractivity contribution in [3.8, 4) is 0 Å². The summed E-state index contributed by atoms with van der Waals surface area (Å²) in [6, 6.07) is 15.8. The lowest BCUT2D eigenvalue weighted by molar-refractivity contribution is -0.134. The van der Waals surface area contributed by atoms with Gasteiger partial charge in [-0.05, 0) is 30.5 Å². The van der Waals surface area contributed by atoms with Crippen LogP contribution in [0.15, 0.2) is 48.5 Å². The molecule has 25 heavy (non-hydrogen) atoms. The molecule has 2 aromatic carbocycles. The molecule has 0 bridgehead atoms. The number of rotatable bonds is 4.